The molecule has 1 atom stereocenters. The summed E-state index contributed by atoms with van der Waals surface area (Å²) in [6.07, 6.45) is 4.01. The highest BCUT2D eigenvalue weighted by molar-refractivity contribution is 7.21. The number of halogens is 3. The van der Waals surface area contributed by atoms with Gasteiger partial charge in [0, 0.05) is 27.7 Å². The lowest BCUT2D eigenvalue weighted by Gasteiger charge is -2.35. The highest BCUT2D eigenvalue weighted by Gasteiger charge is 2.27. The van der Waals surface area contributed by atoms with E-state index in [4.69, 9.17) is 39.5 Å². The molecule has 1 aromatic heterocycles. The zero-order chi connectivity index (χ0) is 18.8. The first-order valence-electron chi connectivity index (χ1n) is 8.46. The van der Waals surface area contributed by atoms with Gasteiger partial charge in [0.05, 0.1) is 10.0 Å². The monoisotopic (exact) mass is 433 g/mol. The van der Waals surface area contributed by atoms with Crippen LogP contribution in [0.3, 0.4) is 0 Å². The molecular formula is C18H18Cl3NO3S. The zero-order valence-corrected chi connectivity index (χ0v) is 17.3. The van der Waals surface area contributed by atoms with Crippen LogP contribution in [0.15, 0.2) is 12.1 Å². The zero-order valence-electron chi connectivity index (χ0n) is 14.2. The van der Waals surface area contributed by atoms with E-state index in [0.717, 1.165) is 37.0 Å². The van der Waals surface area contributed by atoms with Gasteiger partial charge >= 0.3 is 5.97 Å². The number of carbonyl (C=O) groups excluding carboxylic acids is 2. The first kappa shape index (κ1) is 19.7. The van der Waals surface area contributed by atoms with Gasteiger partial charge in [-0.15, -0.1) is 11.3 Å². The van der Waals surface area contributed by atoms with Crippen LogP contribution in [0.2, 0.25) is 15.1 Å². The van der Waals surface area contributed by atoms with E-state index in [0.29, 0.717) is 26.7 Å². The maximum atomic E-state index is 12.4. The number of amides is 1. The molecule has 1 fully saturated rings. The van der Waals surface area contributed by atoms with E-state index in [2.05, 4.69) is 6.92 Å². The highest BCUT2D eigenvalue weighted by atomic mass is 35.5. The van der Waals surface area contributed by atoms with E-state index < -0.39 is 5.97 Å². The van der Waals surface area contributed by atoms with Gasteiger partial charge in [-0.2, -0.15) is 0 Å². The number of hydrogen-bond acceptors (Lipinski definition) is 4. The molecule has 1 aromatic carbocycles. The van der Waals surface area contributed by atoms with Gasteiger partial charge in [0.25, 0.3) is 5.91 Å². The predicted molar refractivity (Wildman–Crippen MR) is 107 cm³/mol. The second-order valence-electron chi connectivity index (χ2n) is 6.23. The molecule has 2 heterocycles. The second kappa shape index (κ2) is 8.34. The highest BCUT2D eigenvalue weighted by Crippen LogP contribution is 2.41. The summed E-state index contributed by atoms with van der Waals surface area (Å²) < 4.78 is 5.94. The molecule has 0 saturated carbocycles. The number of carbonyl (C=O) groups is 2. The van der Waals surface area contributed by atoms with E-state index in [-0.39, 0.29) is 28.5 Å². The van der Waals surface area contributed by atoms with Crippen LogP contribution in [0, 0.1) is 0 Å². The van der Waals surface area contributed by atoms with Gasteiger partial charge in [-0.3, -0.25) is 4.79 Å². The Balaban J connectivity index is 1.72. The van der Waals surface area contributed by atoms with Crippen LogP contribution in [-0.2, 0) is 9.53 Å². The molecule has 3 rings (SSSR count). The molecule has 8 heteroatoms. The van der Waals surface area contributed by atoms with Gasteiger partial charge in [-0.1, -0.05) is 41.7 Å². The number of rotatable bonds is 4. The summed E-state index contributed by atoms with van der Waals surface area (Å²) >= 11 is 19.6. The molecule has 0 radical (unpaired) electrons. The summed E-state index contributed by atoms with van der Waals surface area (Å²) in [5.74, 6) is -0.787. The third kappa shape index (κ3) is 3.96. The summed E-state index contributed by atoms with van der Waals surface area (Å²) in [7, 11) is 0. The van der Waals surface area contributed by atoms with Crippen molar-refractivity contribution in [3.8, 4) is 0 Å². The Morgan fingerprint density at radius 1 is 1.27 bits per heavy atom. The molecule has 0 aliphatic carbocycles. The van der Waals surface area contributed by atoms with Crippen LogP contribution >= 0.6 is 46.1 Å². The van der Waals surface area contributed by atoms with E-state index in [9.17, 15) is 9.59 Å². The van der Waals surface area contributed by atoms with Crippen molar-refractivity contribution in [2.45, 2.75) is 38.6 Å². The van der Waals surface area contributed by atoms with Crippen molar-refractivity contribution >= 4 is 68.1 Å². The topological polar surface area (TPSA) is 46.6 Å². The van der Waals surface area contributed by atoms with Crippen LogP contribution in [0.25, 0.3) is 10.1 Å². The maximum absolute atomic E-state index is 12.4. The third-order valence-corrected chi connectivity index (χ3v) is 6.70. The average molecular weight is 435 g/mol. The Kier molecular flexibility index (Phi) is 6.33. The van der Waals surface area contributed by atoms with Gasteiger partial charge < -0.3 is 9.64 Å². The van der Waals surface area contributed by atoms with E-state index in [1.807, 2.05) is 4.90 Å². The van der Waals surface area contributed by atoms with Crippen LogP contribution < -0.4 is 0 Å². The number of nitrogens with zero attached hydrogens (tertiary/aromatic N) is 1. The molecule has 2 aromatic rings. The SMILES string of the molecule is CCC1CCCCN1C(=O)COC(=O)c1sc2cc(Cl)cc(Cl)c2c1Cl. The van der Waals surface area contributed by atoms with Crippen molar-refractivity contribution in [3.05, 3.63) is 32.1 Å². The fourth-order valence-corrected chi connectivity index (χ4v) is 5.54. The fourth-order valence-electron chi connectivity index (χ4n) is 3.27. The van der Waals surface area contributed by atoms with Gasteiger partial charge in [0.1, 0.15) is 4.88 Å². The summed E-state index contributed by atoms with van der Waals surface area (Å²) in [5.41, 5.74) is 0. The quantitative estimate of drug-likeness (QED) is 0.570. The molecule has 0 N–H and O–H groups in total. The Morgan fingerprint density at radius 2 is 2.04 bits per heavy atom. The van der Waals surface area contributed by atoms with E-state index >= 15 is 0 Å². The Bertz CT molecular complexity index is 852. The molecule has 4 nitrogen and oxygen atoms in total. The van der Waals surface area contributed by atoms with Crippen LogP contribution in [-0.4, -0.2) is 36.0 Å². The van der Waals surface area contributed by atoms with Gasteiger partial charge in [-0.25, -0.2) is 4.79 Å². The maximum Gasteiger partial charge on any atom is 0.350 e. The van der Waals surface area contributed by atoms with Crippen molar-refractivity contribution in [2.24, 2.45) is 0 Å². The Morgan fingerprint density at radius 3 is 2.77 bits per heavy atom. The number of fused-ring (bicyclic) bond motifs is 1. The first-order valence-corrected chi connectivity index (χ1v) is 10.4. The van der Waals surface area contributed by atoms with Gasteiger partial charge in [-0.05, 0) is 37.8 Å². The lowest BCUT2D eigenvalue weighted by molar-refractivity contribution is -0.138. The standard InChI is InChI=1S/C18H18Cl3NO3S/c1-2-11-5-3-4-6-22(11)14(23)9-25-18(24)17-16(21)15-12(20)7-10(19)8-13(15)26-17/h7-8,11H,2-6,9H2,1H3. The van der Waals surface area contributed by atoms with Gasteiger partial charge in [0.2, 0.25) is 0 Å². The molecule has 1 amide bonds. The molecule has 0 spiro atoms. The van der Waals surface area contributed by atoms with E-state index in [1.165, 1.54) is 0 Å². The summed E-state index contributed by atoms with van der Waals surface area (Å²) in [4.78, 5) is 26.9. The number of esters is 1. The lowest BCUT2D eigenvalue weighted by atomic mass is 10.00. The van der Waals surface area contributed by atoms with Gasteiger partial charge in [0.15, 0.2) is 6.61 Å². The van der Waals surface area contributed by atoms with Crippen molar-refractivity contribution in [1.82, 2.24) is 4.90 Å². The molecule has 1 unspecified atom stereocenters. The van der Waals surface area contributed by atoms with Crippen molar-refractivity contribution in [1.29, 1.82) is 0 Å². The molecule has 1 aliphatic heterocycles. The molecule has 1 aliphatic rings. The Labute approximate surface area is 171 Å². The number of thiophene rings is 1. The second-order valence-corrected chi connectivity index (χ2v) is 8.50. The smallest absolute Gasteiger partial charge is 0.350 e. The molecule has 0 bridgehead atoms. The summed E-state index contributed by atoms with van der Waals surface area (Å²) in [6.45, 7) is 2.50. The normalized spacial score (nSPS) is 17.5. The predicted octanol–water partition coefficient (Wildman–Crippen LogP) is 5.81. The molecule has 1 saturated heterocycles. The Hall–Kier alpha value is -1.01. The summed E-state index contributed by atoms with van der Waals surface area (Å²) in [6, 6.07) is 3.49. The number of ether oxygens (including phenoxy) is 1. The van der Waals surface area contributed by atoms with Crippen LogP contribution in [0.4, 0.5) is 0 Å². The molecular weight excluding hydrogens is 417 g/mol. The number of hydrogen-bond donors (Lipinski definition) is 0. The lowest BCUT2D eigenvalue weighted by Crippen LogP contribution is -2.45. The largest absolute Gasteiger partial charge is 0.451 e. The fraction of sp³-hybridized carbons (Fsp3) is 0.444. The van der Waals surface area contributed by atoms with Crippen molar-refractivity contribution in [3.63, 3.8) is 0 Å². The minimum Gasteiger partial charge on any atom is -0.451 e. The van der Waals surface area contributed by atoms with Crippen molar-refractivity contribution in [2.75, 3.05) is 13.2 Å². The average Bonchev–Trinajstić information content (AvgIpc) is 2.95. The van der Waals surface area contributed by atoms with Crippen LogP contribution in [0.1, 0.15) is 42.3 Å². The first-order chi connectivity index (χ1) is 12.4. The van der Waals surface area contributed by atoms with Crippen molar-refractivity contribution < 1.29 is 14.3 Å². The number of benzene rings is 1. The van der Waals surface area contributed by atoms with Crippen LogP contribution in [0.5, 0.6) is 0 Å². The van der Waals surface area contributed by atoms with E-state index in [1.54, 1.807) is 12.1 Å². The molecule has 26 heavy (non-hydrogen) atoms. The minimum absolute atomic E-state index is 0.164. The minimum atomic E-state index is -0.623. The number of piperidine rings is 1. The summed E-state index contributed by atoms with van der Waals surface area (Å²) in [5, 5.41) is 1.64. The molecule has 140 valence electrons. The number of likely N-dealkylation sites (tertiary alicyclic amines) is 1. The third-order valence-electron chi connectivity index (χ3n) is 4.58.